The lowest BCUT2D eigenvalue weighted by atomic mass is 9.96. The van der Waals surface area contributed by atoms with Crippen molar-refractivity contribution in [2.45, 2.75) is 13.5 Å². The van der Waals surface area contributed by atoms with Gasteiger partial charge in [0.15, 0.2) is 29.0 Å². The molecule has 25 heavy (non-hydrogen) atoms. The molecular weight excluding hydrogens is 338 g/mol. The average Bonchev–Trinajstić information content (AvgIpc) is 2.52. The molecular formula is C17H14F2O6. The van der Waals surface area contributed by atoms with Crippen molar-refractivity contribution in [3.8, 4) is 11.5 Å². The van der Waals surface area contributed by atoms with Crippen LogP contribution in [0, 0.1) is 5.92 Å². The molecule has 0 saturated carbocycles. The van der Waals surface area contributed by atoms with E-state index in [0.29, 0.717) is 5.56 Å². The van der Waals surface area contributed by atoms with Crippen LogP contribution in [0.5, 0.6) is 11.5 Å². The largest absolute Gasteiger partial charge is 0.493 e. The molecule has 6 nitrogen and oxygen atoms in total. The lowest BCUT2D eigenvalue weighted by Gasteiger charge is -2.15. The number of cyclic esters (lactones) is 1. The summed E-state index contributed by atoms with van der Waals surface area (Å²) in [4.78, 5) is 35.5. The van der Waals surface area contributed by atoms with Gasteiger partial charge in [0, 0.05) is 6.08 Å². The van der Waals surface area contributed by atoms with Gasteiger partial charge >= 0.3 is 12.6 Å². The summed E-state index contributed by atoms with van der Waals surface area (Å²) < 4.78 is 38.6. The monoisotopic (exact) mass is 352 g/mol. The zero-order valence-corrected chi connectivity index (χ0v) is 13.3. The third-order valence-corrected chi connectivity index (χ3v) is 3.26. The second-order valence-corrected chi connectivity index (χ2v) is 5.04. The SMILES string of the molecule is COc1cc(/C=C/C(=O)[C@@H]2C(=O)C=C(C)OC2=O)ccc1OC(F)F. The molecule has 0 aliphatic carbocycles. The van der Waals surface area contributed by atoms with E-state index in [1.165, 1.54) is 38.3 Å². The second kappa shape index (κ2) is 7.69. The van der Waals surface area contributed by atoms with Gasteiger partial charge in [-0.3, -0.25) is 14.4 Å². The van der Waals surface area contributed by atoms with E-state index >= 15 is 0 Å². The zero-order valence-electron chi connectivity index (χ0n) is 13.3. The molecule has 0 aromatic heterocycles. The van der Waals surface area contributed by atoms with Crippen LogP contribution in [-0.4, -0.2) is 31.3 Å². The van der Waals surface area contributed by atoms with Crippen molar-refractivity contribution in [2.24, 2.45) is 5.92 Å². The van der Waals surface area contributed by atoms with Gasteiger partial charge in [0.2, 0.25) is 0 Å². The molecule has 0 amide bonds. The van der Waals surface area contributed by atoms with Crippen molar-refractivity contribution in [2.75, 3.05) is 7.11 Å². The molecule has 0 saturated heterocycles. The van der Waals surface area contributed by atoms with Crippen LogP contribution < -0.4 is 9.47 Å². The molecule has 1 atom stereocenters. The van der Waals surface area contributed by atoms with E-state index in [9.17, 15) is 23.2 Å². The normalized spacial score (nSPS) is 17.5. The van der Waals surface area contributed by atoms with E-state index in [0.717, 1.165) is 12.2 Å². The zero-order chi connectivity index (χ0) is 18.6. The highest BCUT2D eigenvalue weighted by Crippen LogP contribution is 2.30. The minimum Gasteiger partial charge on any atom is -0.493 e. The first-order valence-electron chi connectivity index (χ1n) is 7.10. The number of benzene rings is 1. The van der Waals surface area contributed by atoms with Crippen molar-refractivity contribution in [3.63, 3.8) is 0 Å². The Labute approximate surface area is 141 Å². The lowest BCUT2D eigenvalue weighted by molar-refractivity contribution is -0.151. The molecule has 0 unspecified atom stereocenters. The number of esters is 1. The number of halogens is 2. The number of hydrogen-bond donors (Lipinski definition) is 0. The summed E-state index contributed by atoms with van der Waals surface area (Å²) in [5, 5.41) is 0. The van der Waals surface area contributed by atoms with Crippen LogP contribution >= 0.6 is 0 Å². The number of ketones is 2. The van der Waals surface area contributed by atoms with E-state index in [1.54, 1.807) is 0 Å². The third-order valence-electron chi connectivity index (χ3n) is 3.26. The average molecular weight is 352 g/mol. The molecule has 1 heterocycles. The Morgan fingerprint density at radius 2 is 2.00 bits per heavy atom. The van der Waals surface area contributed by atoms with Crippen LogP contribution in [0.2, 0.25) is 0 Å². The number of ether oxygens (including phenoxy) is 3. The minimum absolute atomic E-state index is 0.0432. The molecule has 132 valence electrons. The Hall–Kier alpha value is -3.03. The summed E-state index contributed by atoms with van der Waals surface area (Å²) in [6.45, 7) is -1.57. The van der Waals surface area contributed by atoms with Crippen LogP contribution in [0.15, 0.2) is 36.1 Å². The Morgan fingerprint density at radius 3 is 2.60 bits per heavy atom. The van der Waals surface area contributed by atoms with Gasteiger partial charge < -0.3 is 14.2 Å². The maximum atomic E-state index is 12.3. The predicted octanol–water partition coefficient (Wildman–Crippen LogP) is 2.52. The predicted molar refractivity (Wildman–Crippen MR) is 82.0 cm³/mol. The molecule has 0 spiro atoms. The standard InChI is InChI=1S/C17H14F2O6/c1-9-7-12(21)15(16(22)24-9)11(20)5-3-10-4-6-13(25-17(18)19)14(8-10)23-2/h3-8,15,17H,1-2H3/b5-3+/t15-/m1/s1. The molecule has 0 N–H and O–H groups in total. The highest BCUT2D eigenvalue weighted by molar-refractivity contribution is 6.25. The fourth-order valence-electron chi connectivity index (χ4n) is 2.16. The molecule has 1 aromatic carbocycles. The first-order chi connectivity index (χ1) is 11.8. The lowest BCUT2D eigenvalue weighted by Crippen LogP contribution is -2.34. The number of alkyl halides is 2. The maximum Gasteiger partial charge on any atom is 0.387 e. The van der Waals surface area contributed by atoms with Gasteiger partial charge in [0.25, 0.3) is 0 Å². The summed E-state index contributed by atoms with van der Waals surface area (Å²) in [7, 11) is 1.28. The van der Waals surface area contributed by atoms with Gasteiger partial charge in [-0.05, 0) is 30.7 Å². The van der Waals surface area contributed by atoms with E-state index < -0.39 is 30.1 Å². The molecule has 1 aliphatic rings. The van der Waals surface area contributed by atoms with E-state index in [2.05, 4.69) is 4.74 Å². The van der Waals surface area contributed by atoms with Crippen molar-refractivity contribution in [3.05, 3.63) is 41.7 Å². The Morgan fingerprint density at radius 1 is 1.28 bits per heavy atom. The highest BCUT2D eigenvalue weighted by atomic mass is 19.3. The molecule has 2 rings (SSSR count). The van der Waals surface area contributed by atoms with Crippen LogP contribution in [0.1, 0.15) is 12.5 Å². The summed E-state index contributed by atoms with van der Waals surface area (Å²) in [5.41, 5.74) is 0.426. The number of rotatable bonds is 6. The summed E-state index contributed by atoms with van der Waals surface area (Å²) in [6.07, 6.45) is 3.45. The molecule has 8 heteroatoms. The quantitative estimate of drug-likeness (QED) is 0.445. The van der Waals surface area contributed by atoms with E-state index in [1.807, 2.05) is 0 Å². The number of hydrogen-bond acceptors (Lipinski definition) is 6. The van der Waals surface area contributed by atoms with Crippen molar-refractivity contribution >= 4 is 23.6 Å². The van der Waals surface area contributed by atoms with Crippen LogP contribution in [-0.2, 0) is 19.1 Å². The highest BCUT2D eigenvalue weighted by Gasteiger charge is 2.36. The molecule has 1 aromatic rings. The molecule has 0 bridgehead atoms. The van der Waals surface area contributed by atoms with Crippen molar-refractivity contribution < 1.29 is 37.4 Å². The first kappa shape index (κ1) is 18.3. The molecule has 0 radical (unpaired) electrons. The summed E-state index contributed by atoms with van der Waals surface area (Å²) in [6, 6.07) is 4.03. The van der Waals surface area contributed by atoms with Gasteiger partial charge in [-0.15, -0.1) is 0 Å². The summed E-state index contributed by atoms with van der Waals surface area (Å²) >= 11 is 0. The Kier molecular flexibility index (Phi) is 5.63. The van der Waals surface area contributed by atoms with Crippen LogP contribution in [0.3, 0.4) is 0 Å². The Bertz CT molecular complexity index is 766. The van der Waals surface area contributed by atoms with Gasteiger partial charge in [-0.1, -0.05) is 12.1 Å². The molecule has 1 aliphatic heterocycles. The van der Waals surface area contributed by atoms with E-state index in [4.69, 9.17) is 9.47 Å². The minimum atomic E-state index is -3.00. The first-order valence-corrected chi connectivity index (χ1v) is 7.10. The molecule has 0 fully saturated rings. The fraction of sp³-hybridized carbons (Fsp3) is 0.235. The van der Waals surface area contributed by atoms with Crippen LogP contribution in [0.4, 0.5) is 8.78 Å². The number of allylic oxidation sites excluding steroid dienone is 3. The third kappa shape index (κ3) is 4.50. The topological polar surface area (TPSA) is 78.9 Å². The number of carbonyl (C=O) groups excluding carboxylic acids is 3. The van der Waals surface area contributed by atoms with E-state index in [-0.39, 0.29) is 17.3 Å². The summed E-state index contributed by atoms with van der Waals surface area (Å²) in [5.74, 6) is -3.86. The van der Waals surface area contributed by atoms with Gasteiger partial charge in [-0.2, -0.15) is 8.78 Å². The van der Waals surface area contributed by atoms with Gasteiger partial charge in [-0.25, -0.2) is 0 Å². The van der Waals surface area contributed by atoms with Gasteiger partial charge in [0.05, 0.1) is 7.11 Å². The maximum absolute atomic E-state index is 12.3. The van der Waals surface area contributed by atoms with Crippen LogP contribution in [0.25, 0.3) is 6.08 Å². The smallest absolute Gasteiger partial charge is 0.387 e. The number of carbonyl (C=O) groups is 3. The van der Waals surface area contributed by atoms with Gasteiger partial charge in [0.1, 0.15) is 5.76 Å². The second-order valence-electron chi connectivity index (χ2n) is 5.04. The fourth-order valence-corrected chi connectivity index (χ4v) is 2.16. The number of methoxy groups -OCH3 is 1. The van der Waals surface area contributed by atoms with Crippen molar-refractivity contribution in [1.82, 2.24) is 0 Å². The van der Waals surface area contributed by atoms with Crippen molar-refractivity contribution in [1.29, 1.82) is 0 Å². The Balaban J connectivity index is 2.17.